The van der Waals surface area contributed by atoms with Gasteiger partial charge in [-0.05, 0) is 60.2 Å². The molecule has 2 aromatic carbocycles. The van der Waals surface area contributed by atoms with Crippen molar-refractivity contribution in [3.63, 3.8) is 0 Å². The number of carbonyl (C=O) groups is 2. The molecule has 0 saturated heterocycles. The van der Waals surface area contributed by atoms with Crippen molar-refractivity contribution in [3.8, 4) is 0 Å². The summed E-state index contributed by atoms with van der Waals surface area (Å²) in [4.78, 5) is 31.3. The van der Waals surface area contributed by atoms with E-state index in [1.165, 1.54) is 5.56 Å². The molecule has 6 nitrogen and oxygen atoms in total. The Bertz CT molecular complexity index is 1080. The highest BCUT2D eigenvalue weighted by atomic mass is 16.2. The zero-order valence-electron chi connectivity index (χ0n) is 18.2. The maximum atomic E-state index is 13.2. The number of pyridine rings is 1. The van der Waals surface area contributed by atoms with Gasteiger partial charge in [-0.1, -0.05) is 36.4 Å². The Hall–Kier alpha value is -3.51. The summed E-state index contributed by atoms with van der Waals surface area (Å²) in [6.45, 7) is 0.417. The highest BCUT2D eigenvalue weighted by Gasteiger charge is 2.29. The van der Waals surface area contributed by atoms with E-state index in [1.807, 2.05) is 31.3 Å². The van der Waals surface area contributed by atoms with E-state index in [9.17, 15) is 9.59 Å². The van der Waals surface area contributed by atoms with Crippen molar-refractivity contribution in [3.05, 3.63) is 95.3 Å². The quantitative estimate of drug-likeness (QED) is 0.623. The molecular weight excluding hydrogens is 400 g/mol. The number of likely N-dealkylation sites (N-methyl/N-ethyl adjacent to an activating group) is 1. The van der Waals surface area contributed by atoms with Gasteiger partial charge in [0.1, 0.15) is 0 Å². The van der Waals surface area contributed by atoms with Crippen molar-refractivity contribution in [1.82, 2.24) is 9.88 Å². The normalized spacial score (nSPS) is 16.0. The van der Waals surface area contributed by atoms with E-state index in [0.29, 0.717) is 17.8 Å². The van der Waals surface area contributed by atoms with E-state index in [1.54, 1.807) is 41.6 Å². The molecule has 6 heteroatoms. The van der Waals surface area contributed by atoms with Crippen LogP contribution in [-0.2, 0) is 11.2 Å². The number of fused-ring (bicyclic) bond motifs is 1. The molecule has 0 radical (unpaired) electrons. The van der Waals surface area contributed by atoms with Gasteiger partial charge in [-0.25, -0.2) is 0 Å². The topological polar surface area (TPSA) is 88.3 Å². The Kier molecular flexibility index (Phi) is 6.61. The molecule has 3 N–H and O–H groups in total. The largest absolute Gasteiger partial charge is 0.343 e. The van der Waals surface area contributed by atoms with Crippen molar-refractivity contribution in [2.24, 2.45) is 5.73 Å². The fourth-order valence-corrected chi connectivity index (χ4v) is 4.29. The number of anilines is 1. The zero-order chi connectivity index (χ0) is 22.5. The summed E-state index contributed by atoms with van der Waals surface area (Å²) in [5.41, 5.74) is 10.9. The molecule has 0 bridgehead atoms. The van der Waals surface area contributed by atoms with Gasteiger partial charge in [0.25, 0.3) is 5.91 Å². The van der Waals surface area contributed by atoms with Gasteiger partial charge in [0.2, 0.25) is 5.91 Å². The number of aromatic nitrogens is 1. The number of aryl methyl sites for hydroxylation is 1. The fraction of sp³-hybridized carbons (Fsp3) is 0.269. The Morgan fingerprint density at radius 2 is 1.81 bits per heavy atom. The number of nitrogens with one attached hydrogen (secondary N) is 1. The second-order valence-corrected chi connectivity index (χ2v) is 8.28. The van der Waals surface area contributed by atoms with Crippen LogP contribution in [0.15, 0.2) is 73.1 Å². The molecule has 2 amide bonds. The van der Waals surface area contributed by atoms with Gasteiger partial charge in [-0.2, -0.15) is 0 Å². The van der Waals surface area contributed by atoms with Gasteiger partial charge in [-0.15, -0.1) is 0 Å². The number of rotatable bonds is 6. The number of hydrogen-bond acceptors (Lipinski definition) is 4. The third kappa shape index (κ3) is 4.86. The third-order valence-corrected chi connectivity index (χ3v) is 6.05. The lowest BCUT2D eigenvalue weighted by atomic mass is 9.82. The average molecular weight is 429 g/mol. The third-order valence-electron chi connectivity index (χ3n) is 6.05. The molecule has 1 heterocycles. The van der Waals surface area contributed by atoms with E-state index in [4.69, 9.17) is 5.73 Å². The lowest BCUT2D eigenvalue weighted by Crippen LogP contribution is -2.38. The van der Waals surface area contributed by atoms with Gasteiger partial charge in [0.05, 0.1) is 5.92 Å². The Morgan fingerprint density at radius 1 is 1.09 bits per heavy atom. The minimum absolute atomic E-state index is 0.101. The molecule has 0 aliphatic heterocycles. The lowest BCUT2D eigenvalue weighted by Gasteiger charge is -2.30. The van der Waals surface area contributed by atoms with Crippen LogP contribution < -0.4 is 11.1 Å². The molecule has 1 aliphatic carbocycles. The van der Waals surface area contributed by atoms with Crippen LogP contribution in [0.5, 0.6) is 0 Å². The number of benzene rings is 2. The molecule has 4 rings (SSSR count). The molecule has 0 spiro atoms. The molecule has 0 fully saturated rings. The minimum Gasteiger partial charge on any atom is -0.343 e. The van der Waals surface area contributed by atoms with E-state index in [0.717, 1.165) is 30.4 Å². The molecular formula is C26H28N4O2. The zero-order valence-corrected chi connectivity index (χ0v) is 18.2. The van der Waals surface area contributed by atoms with Crippen LogP contribution in [0.4, 0.5) is 5.69 Å². The average Bonchev–Trinajstić information content (AvgIpc) is 2.84. The van der Waals surface area contributed by atoms with Crippen molar-refractivity contribution in [2.75, 3.05) is 18.9 Å². The summed E-state index contributed by atoms with van der Waals surface area (Å²) < 4.78 is 0. The molecule has 164 valence electrons. The summed E-state index contributed by atoms with van der Waals surface area (Å²) in [5, 5.41) is 2.84. The summed E-state index contributed by atoms with van der Waals surface area (Å²) in [6, 6.07) is 18.6. The van der Waals surface area contributed by atoms with Crippen LogP contribution >= 0.6 is 0 Å². The first-order valence-corrected chi connectivity index (χ1v) is 10.9. The highest BCUT2D eigenvalue weighted by Crippen LogP contribution is 2.33. The Balaban J connectivity index is 1.38. The SMILES string of the molecule is CN(CC(N)c1ccc(C(=O)Nc2ccncc2)cc1)C(=O)C1CCCc2ccccc21. The predicted molar refractivity (Wildman–Crippen MR) is 125 cm³/mol. The molecule has 32 heavy (non-hydrogen) atoms. The van der Waals surface area contributed by atoms with Gasteiger partial charge < -0.3 is 16.0 Å². The van der Waals surface area contributed by atoms with Crippen molar-refractivity contribution < 1.29 is 9.59 Å². The fourth-order valence-electron chi connectivity index (χ4n) is 4.29. The standard InChI is InChI=1S/C26H28N4O2/c1-30(26(32)23-8-4-6-18-5-2-3-7-22(18)23)17-24(27)19-9-11-20(12-10-19)25(31)29-21-13-15-28-16-14-21/h2-3,5,7,9-16,23-24H,4,6,8,17,27H2,1H3,(H,28,29,31). The molecule has 1 aliphatic rings. The predicted octanol–water partition coefficient (Wildman–Crippen LogP) is 3.91. The van der Waals surface area contributed by atoms with Crippen LogP contribution in [0.3, 0.4) is 0 Å². The number of carbonyl (C=O) groups excluding carboxylic acids is 2. The molecule has 2 atom stereocenters. The van der Waals surface area contributed by atoms with E-state index >= 15 is 0 Å². The maximum Gasteiger partial charge on any atom is 0.255 e. The van der Waals surface area contributed by atoms with E-state index in [-0.39, 0.29) is 23.8 Å². The summed E-state index contributed by atoms with van der Waals surface area (Å²) in [7, 11) is 1.82. The second kappa shape index (κ2) is 9.75. The van der Waals surface area contributed by atoms with Crippen molar-refractivity contribution in [2.45, 2.75) is 31.2 Å². The lowest BCUT2D eigenvalue weighted by molar-refractivity contribution is -0.132. The van der Waals surface area contributed by atoms with Gasteiger partial charge in [0, 0.05) is 43.3 Å². The maximum absolute atomic E-state index is 13.2. The number of hydrogen-bond donors (Lipinski definition) is 2. The summed E-state index contributed by atoms with van der Waals surface area (Å²) in [5.74, 6) is -0.183. The van der Waals surface area contributed by atoms with Crippen molar-refractivity contribution in [1.29, 1.82) is 0 Å². The van der Waals surface area contributed by atoms with Crippen LogP contribution in [-0.4, -0.2) is 35.3 Å². The van der Waals surface area contributed by atoms with Crippen LogP contribution in [0, 0.1) is 0 Å². The number of nitrogens with two attached hydrogens (primary N) is 1. The molecule has 3 aromatic rings. The van der Waals surface area contributed by atoms with Crippen molar-refractivity contribution >= 4 is 17.5 Å². The second-order valence-electron chi connectivity index (χ2n) is 8.28. The minimum atomic E-state index is -0.333. The molecule has 1 aromatic heterocycles. The molecule has 2 unspecified atom stereocenters. The van der Waals surface area contributed by atoms with Crippen LogP contribution in [0.2, 0.25) is 0 Å². The van der Waals surface area contributed by atoms with Crippen LogP contribution in [0.1, 0.15) is 51.8 Å². The first-order chi connectivity index (χ1) is 15.5. The number of amides is 2. The Labute approximate surface area is 188 Å². The monoisotopic (exact) mass is 428 g/mol. The highest BCUT2D eigenvalue weighted by molar-refractivity contribution is 6.04. The van der Waals surface area contributed by atoms with Gasteiger partial charge in [-0.3, -0.25) is 14.6 Å². The first kappa shape index (κ1) is 21.7. The first-order valence-electron chi connectivity index (χ1n) is 10.9. The van der Waals surface area contributed by atoms with E-state index < -0.39 is 0 Å². The number of nitrogens with zero attached hydrogens (tertiary/aromatic N) is 2. The van der Waals surface area contributed by atoms with E-state index in [2.05, 4.69) is 22.4 Å². The molecule has 0 saturated carbocycles. The summed E-state index contributed by atoms with van der Waals surface area (Å²) in [6.07, 6.45) is 6.18. The van der Waals surface area contributed by atoms with Crippen LogP contribution in [0.25, 0.3) is 0 Å². The van der Waals surface area contributed by atoms with Gasteiger partial charge >= 0.3 is 0 Å². The van der Waals surface area contributed by atoms with Gasteiger partial charge in [0.15, 0.2) is 0 Å². The summed E-state index contributed by atoms with van der Waals surface area (Å²) >= 11 is 0. The Morgan fingerprint density at radius 3 is 2.56 bits per heavy atom. The smallest absolute Gasteiger partial charge is 0.255 e.